The lowest BCUT2D eigenvalue weighted by molar-refractivity contribution is 0.820. The summed E-state index contributed by atoms with van der Waals surface area (Å²) >= 11 is 14.9. The SMILES string of the molecule is CCN(CC)c1nc(Cl)c(Br)c(Cl)n1. The van der Waals surface area contributed by atoms with Crippen molar-refractivity contribution in [1.29, 1.82) is 0 Å². The highest BCUT2D eigenvalue weighted by atomic mass is 79.9. The van der Waals surface area contributed by atoms with E-state index in [0.717, 1.165) is 13.1 Å². The molecular weight excluding hydrogens is 289 g/mol. The van der Waals surface area contributed by atoms with Gasteiger partial charge >= 0.3 is 0 Å². The fraction of sp³-hybridized carbons (Fsp3) is 0.500. The van der Waals surface area contributed by atoms with E-state index < -0.39 is 0 Å². The van der Waals surface area contributed by atoms with Crippen molar-refractivity contribution in [3.63, 3.8) is 0 Å². The first-order chi connectivity index (χ1) is 6.60. The van der Waals surface area contributed by atoms with E-state index in [1.165, 1.54) is 0 Å². The molecule has 1 aromatic rings. The van der Waals surface area contributed by atoms with Crippen LogP contribution in [0.15, 0.2) is 4.47 Å². The van der Waals surface area contributed by atoms with Crippen LogP contribution in [-0.4, -0.2) is 23.1 Å². The fourth-order valence-corrected chi connectivity index (χ4v) is 1.59. The maximum atomic E-state index is 5.87. The van der Waals surface area contributed by atoms with Gasteiger partial charge in [-0.25, -0.2) is 0 Å². The van der Waals surface area contributed by atoms with Gasteiger partial charge < -0.3 is 4.90 Å². The summed E-state index contributed by atoms with van der Waals surface area (Å²) in [5.41, 5.74) is 0. The smallest absolute Gasteiger partial charge is 0.228 e. The molecule has 1 aromatic heterocycles. The molecule has 0 saturated heterocycles. The molecule has 0 aromatic carbocycles. The summed E-state index contributed by atoms with van der Waals surface area (Å²) < 4.78 is 0.539. The predicted octanol–water partition coefficient (Wildman–Crippen LogP) is 3.39. The van der Waals surface area contributed by atoms with Crippen molar-refractivity contribution in [2.24, 2.45) is 0 Å². The largest absolute Gasteiger partial charge is 0.341 e. The summed E-state index contributed by atoms with van der Waals surface area (Å²) in [5.74, 6) is 0.563. The quantitative estimate of drug-likeness (QED) is 0.801. The van der Waals surface area contributed by atoms with E-state index in [2.05, 4.69) is 25.9 Å². The van der Waals surface area contributed by atoms with Crippen LogP contribution in [0.3, 0.4) is 0 Å². The van der Waals surface area contributed by atoms with Crippen LogP contribution in [0.1, 0.15) is 13.8 Å². The van der Waals surface area contributed by atoms with Crippen molar-refractivity contribution in [3.05, 3.63) is 14.8 Å². The lowest BCUT2D eigenvalue weighted by atomic mass is 10.5. The van der Waals surface area contributed by atoms with Gasteiger partial charge in [-0.15, -0.1) is 0 Å². The second-order valence-corrected chi connectivity index (χ2v) is 4.10. The van der Waals surface area contributed by atoms with Crippen LogP contribution >= 0.6 is 39.1 Å². The van der Waals surface area contributed by atoms with Crippen molar-refractivity contribution in [2.45, 2.75) is 13.8 Å². The normalized spacial score (nSPS) is 10.4. The Bertz CT molecular complexity index is 305. The van der Waals surface area contributed by atoms with Gasteiger partial charge in [0.25, 0.3) is 0 Å². The minimum Gasteiger partial charge on any atom is -0.341 e. The van der Waals surface area contributed by atoms with Gasteiger partial charge in [0.05, 0.1) is 4.47 Å². The summed E-state index contributed by atoms with van der Waals surface area (Å²) in [7, 11) is 0. The van der Waals surface area contributed by atoms with Crippen LogP contribution in [0, 0.1) is 0 Å². The number of halogens is 3. The van der Waals surface area contributed by atoms with Crippen molar-refractivity contribution in [3.8, 4) is 0 Å². The number of aromatic nitrogens is 2. The average Bonchev–Trinajstić information content (AvgIpc) is 2.16. The zero-order chi connectivity index (χ0) is 10.7. The molecule has 78 valence electrons. The summed E-state index contributed by atoms with van der Waals surface area (Å²) in [5, 5.41) is 0.679. The molecular formula is C8H10BrCl2N3. The molecule has 6 heteroatoms. The van der Waals surface area contributed by atoms with Crippen molar-refractivity contribution < 1.29 is 0 Å². The summed E-state index contributed by atoms with van der Waals surface area (Å²) in [6, 6.07) is 0. The van der Waals surface area contributed by atoms with E-state index in [0.29, 0.717) is 20.7 Å². The van der Waals surface area contributed by atoms with Crippen molar-refractivity contribution in [1.82, 2.24) is 9.97 Å². The molecule has 1 heterocycles. The van der Waals surface area contributed by atoms with Crippen LogP contribution < -0.4 is 4.90 Å². The summed E-state index contributed by atoms with van der Waals surface area (Å²) in [6.45, 7) is 5.70. The third-order valence-electron chi connectivity index (χ3n) is 1.80. The van der Waals surface area contributed by atoms with Gasteiger partial charge in [-0.05, 0) is 29.8 Å². The zero-order valence-corrected chi connectivity index (χ0v) is 11.0. The number of rotatable bonds is 3. The molecule has 0 radical (unpaired) electrons. The molecule has 0 aliphatic heterocycles. The second kappa shape index (κ2) is 5.14. The van der Waals surface area contributed by atoms with Gasteiger partial charge in [0.15, 0.2) is 0 Å². The molecule has 0 aliphatic rings. The van der Waals surface area contributed by atoms with Crippen LogP contribution in [0.25, 0.3) is 0 Å². The number of hydrogen-bond acceptors (Lipinski definition) is 3. The molecule has 0 fully saturated rings. The van der Waals surface area contributed by atoms with Crippen LogP contribution in [0.4, 0.5) is 5.95 Å². The highest BCUT2D eigenvalue weighted by Gasteiger charge is 2.12. The molecule has 0 atom stereocenters. The van der Waals surface area contributed by atoms with Gasteiger partial charge in [-0.2, -0.15) is 9.97 Å². The number of anilines is 1. The first-order valence-corrected chi connectivity index (χ1v) is 5.78. The first kappa shape index (κ1) is 12.0. The second-order valence-electron chi connectivity index (χ2n) is 2.59. The maximum Gasteiger partial charge on any atom is 0.228 e. The first-order valence-electron chi connectivity index (χ1n) is 4.23. The van der Waals surface area contributed by atoms with Crippen LogP contribution in [0.5, 0.6) is 0 Å². The Kier molecular flexibility index (Phi) is 4.41. The molecule has 0 aliphatic carbocycles. The van der Waals surface area contributed by atoms with E-state index in [9.17, 15) is 0 Å². The van der Waals surface area contributed by atoms with Gasteiger partial charge in [0.2, 0.25) is 5.95 Å². The Morgan fingerprint density at radius 1 is 1.14 bits per heavy atom. The lowest BCUT2D eigenvalue weighted by Crippen LogP contribution is -2.24. The number of hydrogen-bond donors (Lipinski definition) is 0. The third kappa shape index (κ3) is 2.49. The van der Waals surface area contributed by atoms with Crippen molar-refractivity contribution in [2.75, 3.05) is 18.0 Å². The Balaban J connectivity index is 3.11. The minimum atomic E-state index is 0.340. The molecule has 0 unspecified atom stereocenters. The fourth-order valence-electron chi connectivity index (χ4n) is 1.03. The Morgan fingerprint density at radius 3 is 1.93 bits per heavy atom. The van der Waals surface area contributed by atoms with E-state index in [-0.39, 0.29) is 0 Å². The molecule has 0 bridgehead atoms. The van der Waals surface area contributed by atoms with Gasteiger partial charge in [0, 0.05) is 13.1 Å². The standard InChI is InChI=1S/C8H10BrCl2N3/c1-3-14(4-2)8-12-6(10)5(9)7(11)13-8/h3-4H2,1-2H3. The summed E-state index contributed by atoms with van der Waals surface area (Å²) in [4.78, 5) is 10.2. The molecule has 0 saturated carbocycles. The molecule has 0 amide bonds. The van der Waals surface area contributed by atoms with Gasteiger partial charge in [-0.1, -0.05) is 23.2 Å². The van der Waals surface area contributed by atoms with Gasteiger partial charge in [-0.3, -0.25) is 0 Å². The molecule has 0 spiro atoms. The minimum absolute atomic E-state index is 0.340. The third-order valence-corrected chi connectivity index (χ3v) is 3.56. The Morgan fingerprint density at radius 2 is 1.57 bits per heavy atom. The van der Waals surface area contributed by atoms with Crippen LogP contribution in [0.2, 0.25) is 10.3 Å². The molecule has 0 N–H and O–H groups in total. The topological polar surface area (TPSA) is 29.0 Å². The number of nitrogens with zero attached hydrogens (tertiary/aromatic N) is 3. The van der Waals surface area contributed by atoms with E-state index >= 15 is 0 Å². The van der Waals surface area contributed by atoms with Crippen LogP contribution in [-0.2, 0) is 0 Å². The molecule has 14 heavy (non-hydrogen) atoms. The van der Waals surface area contributed by atoms with Gasteiger partial charge in [0.1, 0.15) is 10.3 Å². The highest BCUT2D eigenvalue weighted by molar-refractivity contribution is 9.10. The molecule has 1 rings (SSSR count). The predicted molar refractivity (Wildman–Crippen MR) is 63.3 cm³/mol. The highest BCUT2D eigenvalue weighted by Crippen LogP contribution is 2.28. The zero-order valence-electron chi connectivity index (χ0n) is 7.89. The average molecular weight is 299 g/mol. The van der Waals surface area contributed by atoms with Crippen molar-refractivity contribution >= 4 is 45.1 Å². The molecule has 3 nitrogen and oxygen atoms in total. The van der Waals surface area contributed by atoms with E-state index in [1.54, 1.807) is 0 Å². The monoisotopic (exact) mass is 297 g/mol. The van der Waals surface area contributed by atoms with E-state index in [1.807, 2.05) is 18.7 Å². The summed E-state index contributed by atoms with van der Waals surface area (Å²) in [6.07, 6.45) is 0. The van der Waals surface area contributed by atoms with E-state index in [4.69, 9.17) is 23.2 Å². The Labute approximate surface area is 102 Å². The lowest BCUT2D eigenvalue weighted by Gasteiger charge is -2.18. The Hall–Kier alpha value is -0.0600. The maximum absolute atomic E-state index is 5.87.